The van der Waals surface area contributed by atoms with Crippen LogP contribution in [0.3, 0.4) is 0 Å². The summed E-state index contributed by atoms with van der Waals surface area (Å²) in [7, 11) is 0. The minimum atomic E-state index is -0.190. The van der Waals surface area contributed by atoms with Crippen molar-refractivity contribution in [2.75, 3.05) is 10.6 Å². The van der Waals surface area contributed by atoms with Gasteiger partial charge >= 0.3 is 0 Å². The van der Waals surface area contributed by atoms with Crippen molar-refractivity contribution in [2.24, 2.45) is 5.92 Å². The first-order valence-electron chi connectivity index (χ1n) is 9.83. The van der Waals surface area contributed by atoms with Gasteiger partial charge < -0.3 is 10.6 Å². The van der Waals surface area contributed by atoms with Gasteiger partial charge in [-0.1, -0.05) is 36.4 Å². The van der Waals surface area contributed by atoms with Crippen LogP contribution in [0.4, 0.5) is 11.4 Å². The molecule has 2 amide bonds. The quantitative estimate of drug-likeness (QED) is 0.693. The van der Waals surface area contributed by atoms with Crippen molar-refractivity contribution in [3.8, 4) is 5.69 Å². The van der Waals surface area contributed by atoms with E-state index in [1.54, 1.807) is 0 Å². The van der Waals surface area contributed by atoms with Crippen LogP contribution in [0, 0.1) is 19.8 Å². The largest absolute Gasteiger partial charge is 0.326 e. The lowest BCUT2D eigenvalue weighted by Gasteiger charge is -2.24. The van der Waals surface area contributed by atoms with Crippen molar-refractivity contribution >= 4 is 23.2 Å². The summed E-state index contributed by atoms with van der Waals surface area (Å²) in [4.78, 5) is 24.9. The zero-order valence-electron chi connectivity index (χ0n) is 16.6. The lowest BCUT2D eigenvalue weighted by molar-refractivity contribution is -0.121. The van der Waals surface area contributed by atoms with Crippen LogP contribution in [0.15, 0.2) is 54.6 Å². The number of amides is 2. The maximum Gasteiger partial charge on any atom is 0.227 e. The highest BCUT2D eigenvalue weighted by molar-refractivity contribution is 5.96. The minimum Gasteiger partial charge on any atom is -0.326 e. The fourth-order valence-electron chi connectivity index (χ4n) is 3.80. The normalized spacial score (nSPS) is 15.5. The van der Waals surface area contributed by atoms with Gasteiger partial charge in [0.05, 0.1) is 22.8 Å². The molecule has 1 aromatic heterocycles. The number of fused-ring (bicyclic) bond motifs is 1. The summed E-state index contributed by atoms with van der Waals surface area (Å²) in [6.07, 6.45) is 1.46. The smallest absolute Gasteiger partial charge is 0.227 e. The molecule has 2 aromatic carbocycles. The van der Waals surface area contributed by atoms with Crippen molar-refractivity contribution in [2.45, 2.75) is 33.1 Å². The standard InChI is InChI=1S/C23H24N4O2/c1-15-22(16(2)27(26-15)19-9-4-3-5-10-19)25-21(28)13-12-18-14-17-8-6-7-11-20(17)24-23(18)29/h3-11,18H,12-14H2,1-2H3,(H,24,29)(H,25,28). The van der Waals surface area contributed by atoms with Crippen LogP contribution in [0.2, 0.25) is 0 Å². The second kappa shape index (κ2) is 7.91. The molecule has 4 rings (SSSR count). The number of benzene rings is 2. The summed E-state index contributed by atoms with van der Waals surface area (Å²) in [6.45, 7) is 3.82. The predicted molar refractivity (Wildman–Crippen MR) is 113 cm³/mol. The number of anilines is 2. The Morgan fingerprint density at radius 1 is 1.14 bits per heavy atom. The lowest BCUT2D eigenvalue weighted by Crippen LogP contribution is -2.30. The third kappa shape index (κ3) is 3.92. The molecule has 6 heteroatoms. The molecule has 1 aliphatic rings. The number of para-hydroxylation sites is 2. The van der Waals surface area contributed by atoms with E-state index in [9.17, 15) is 9.59 Å². The first-order valence-corrected chi connectivity index (χ1v) is 9.83. The van der Waals surface area contributed by atoms with Crippen molar-refractivity contribution in [1.29, 1.82) is 0 Å². The molecular formula is C23H24N4O2. The molecule has 1 aliphatic heterocycles. The van der Waals surface area contributed by atoms with Crippen LogP contribution >= 0.6 is 0 Å². The molecule has 29 heavy (non-hydrogen) atoms. The van der Waals surface area contributed by atoms with Crippen LogP contribution in [-0.2, 0) is 16.0 Å². The average Bonchev–Trinajstić information content (AvgIpc) is 3.01. The third-order valence-corrected chi connectivity index (χ3v) is 5.39. The molecule has 1 unspecified atom stereocenters. The average molecular weight is 388 g/mol. The Balaban J connectivity index is 1.41. The highest BCUT2D eigenvalue weighted by Crippen LogP contribution is 2.28. The summed E-state index contributed by atoms with van der Waals surface area (Å²) >= 11 is 0. The monoisotopic (exact) mass is 388 g/mol. The third-order valence-electron chi connectivity index (χ3n) is 5.39. The number of carbonyl (C=O) groups excluding carboxylic acids is 2. The van der Waals surface area contributed by atoms with Gasteiger partial charge in [0, 0.05) is 18.0 Å². The molecule has 0 bridgehead atoms. The molecule has 3 aromatic rings. The van der Waals surface area contributed by atoms with Gasteiger partial charge in [0.25, 0.3) is 0 Å². The summed E-state index contributed by atoms with van der Waals surface area (Å²) in [6, 6.07) is 17.6. The number of aromatic nitrogens is 2. The maximum absolute atomic E-state index is 12.6. The lowest BCUT2D eigenvalue weighted by atomic mass is 9.89. The fourth-order valence-corrected chi connectivity index (χ4v) is 3.80. The van der Waals surface area contributed by atoms with Gasteiger partial charge in [0.2, 0.25) is 11.8 Å². The van der Waals surface area contributed by atoms with Gasteiger partial charge in [0.1, 0.15) is 0 Å². The van der Waals surface area contributed by atoms with E-state index in [1.165, 1.54) is 0 Å². The Bertz CT molecular complexity index is 1060. The second-order valence-corrected chi connectivity index (χ2v) is 7.43. The summed E-state index contributed by atoms with van der Waals surface area (Å²) in [5.41, 5.74) is 5.32. The molecule has 0 spiro atoms. The van der Waals surface area contributed by atoms with E-state index in [1.807, 2.05) is 73.1 Å². The Morgan fingerprint density at radius 2 is 1.86 bits per heavy atom. The molecule has 1 atom stereocenters. The van der Waals surface area contributed by atoms with E-state index >= 15 is 0 Å². The maximum atomic E-state index is 12.6. The topological polar surface area (TPSA) is 76.0 Å². The van der Waals surface area contributed by atoms with Crippen LogP contribution in [0.5, 0.6) is 0 Å². The predicted octanol–water partition coefficient (Wildman–Crippen LogP) is 4.02. The highest BCUT2D eigenvalue weighted by atomic mass is 16.2. The van der Waals surface area contributed by atoms with E-state index in [-0.39, 0.29) is 24.2 Å². The van der Waals surface area contributed by atoms with Crippen molar-refractivity contribution in [3.63, 3.8) is 0 Å². The number of hydrogen-bond acceptors (Lipinski definition) is 3. The Hall–Kier alpha value is -3.41. The van der Waals surface area contributed by atoms with Gasteiger partial charge in [-0.15, -0.1) is 0 Å². The summed E-state index contributed by atoms with van der Waals surface area (Å²) in [5.74, 6) is -0.305. The van der Waals surface area contributed by atoms with Crippen molar-refractivity contribution in [1.82, 2.24) is 9.78 Å². The summed E-state index contributed by atoms with van der Waals surface area (Å²) in [5, 5.41) is 10.5. The zero-order valence-corrected chi connectivity index (χ0v) is 16.6. The SMILES string of the molecule is Cc1nn(-c2ccccc2)c(C)c1NC(=O)CCC1Cc2ccccc2NC1=O. The highest BCUT2D eigenvalue weighted by Gasteiger charge is 2.26. The molecule has 0 aliphatic carbocycles. The Morgan fingerprint density at radius 3 is 2.66 bits per heavy atom. The van der Waals surface area contributed by atoms with E-state index in [0.717, 1.165) is 34.0 Å². The van der Waals surface area contributed by atoms with Gasteiger partial charge in [-0.25, -0.2) is 4.68 Å². The van der Waals surface area contributed by atoms with Crippen LogP contribution in [-0.4, -0.2) is 21.6 Å². The first kappa shape index (κ1) is 18.9. The zero-order chi connectivity index (χ0) is 20.4. The van der Waals surface area contributed by atoms with Crippen LogP contribution < -0.4 is 10.6 Å². The van der Waals surface area contributed by atoms with E-state index in [2.05, 4.69) is 15.7 Å². The van der Waals surface area contributed by atoms with E-state index in [0.29, 0.717) is 12.8 Å². The molecular weight excluding hydrogens is 364 g/mol. The Kier molecular flexibility index (Phi) is 5.16. The summed E-state index contributed by atoms with van der Waals surface area (Å²) < 4.78 is 1.83. The van der Waals surface area contributed by atoms with Gasteiger partial charge in [-0.05, 0) is 50.5 Å². The van der Waals surface area contributed by atoms with Gasteiger partial charge in [-0.3, -0.25) is 9.59 Å². The number of nitrogens with one attached hydrogen (secondary N) is 2. The molecule has 6 nitrogen and oxygen atoms in total. The number of aryl methyl sites for hydroxylation is 1. The number of nitrogens with zero attached hydrogens (tertiary/aromatic N) is 2. The number of hydrogen-bond donors (Lipinski definition) is 2. The van der Waals surface area contributed by atoms with E-state index < -0.39 is 0 Å². The molecule has 148 valence electrons. The Labute approximate surface area is 169 Å². The fraction of sp³-hybridized carbons (Fsp3) is 0.261. The minimum absolute atomic E-state index is 0.0132. The molecule has 0 saturated heterocycles. The van der Waals surface area contributed by atoms with Crippen LogP contribution in [0.25, 0.3) is 5.69 Å². The number of carbonyl (C=O) groups is 2. The molecule has 0 saturated carbocycles. The number of rotatable bonds is 5. The van der Waals surface area contributed by atoms with Crippen molar-refractivity contribution < 1.29 is 9.59 Å². The molecule has 0 fully saturated rings. The molecule has 2 heterocycles. The van der Waals surface area contributed by atoms with Crippen molar-refractivity contribution in [3.05, 3.63) is 71.5 Å². The second-order valence-electron chi connectivity index (χ2n) is 7.43. The molecule has 0 radical (unpaired) electrons. The van der Waals surface area contributed by atoms with Crippen LogP contribution in [0.1, 0.15) is 29.8 Å². The van der Waals surface area contributed by atoms with E-state index in [4.69, 9.17) is 0 Å². The van der Waals surface area contributed by atoms with Gasteiger partial charge in [-0.2, -0.15) is 5.10 Å². The molecule has 2 N–H and O–H groups in total. The van der Waals surface area contributed by atoms with Gasteiger partial charge in [0.15, 0.2) is 0 Å². The first-order chi connectivity index (χ1) is 14.0.